The predicted molar refractivity (Wildman–Crippen MR) is 59.8 cm³/mol. The Balaban J connectivity index is 1.75. The van der Waals surface area contributed by atoms with Crippen LogP contribution >= 0.6 is 0 Å². The van der Waals surface area contributed by atoms with E-state index in [1.165, 1.54) is 12.7 Å². The lowest BCUT2D eigenvalue weighted by molar-refractivity contribution is -0.121. The molecule has 1 aliphatic rings. The third-order valence-electron chi connectivity index (χ3n) is 2.63. The van der Waals surface area contributed by atoms with Gasteiger partial charge >= 0.3 is 0 Å². The minimum Gasteiger partial charge on any atom is -0.352 e. The average Bonchev–Trinajstić information content (AvgIpc) is 2.85. The minimum atomic E-state index is -2.94. The first-order valence-corrected chi connectivity index (χ1v) is 7.19. The van der Waals surface area contributed by atoms with Crippen molar-refractivity contribution in [1.29, 1.82) is 0 Å². The van der Waals surface area contributed by atoms with Crippen molar-refractivity contribution in [3.63, 3.8) is 0 Å². The molecule has 0 spiro atoms. The number of nitrogens with zero attached hydrogens (tertiary/aromatic N) is 3. The summed E-state index contributed by atoms with van der Waals surface area (Å²) in [5, 5.41) is 6.59. The van der Waals surface area contributed by atoms with Gasteiger partial charge in [-0.1, -0.05) is 0 Å². The van der Waals surface area contributed by atoms with Gasteiger partial charge in [-0.2, -0.15) is 5.10 Å². The van der Waals surface area contributed by atoms with E-state index in [1.54, 1.807) is 4.68 Å². The number of nitrogens with one attached hydrogen (secondary N) is 1. The van der Waals surface area contributed by atoms with Gasteiger partial charge in [0.15, 0.2) is 9.84 Å². The molecule has 0 radical (unpaired) electrons. The normalized spacial score (nSPS) is 22.5. The van der Waals surface area contributed by atoms with Crippen molar-refractivity contribution in [2.45, 2.75) is 25.4 Å². The Morgan fingerprint density at radius 3 is 2.94 bits per heavy atom. The van der Waals surface area contributed by atoms with Gasteiger partial charge in [0.25, 0.3) is 0 Å². The van der Waals surface area contributed by atoms with Crippen LogP contribution in [0.15, 0.2) is 12.7 Å². The Morgan fingerprint density at radius 2 is 2.35 bits per heavy atom. The van der Waals surface area contributed by atoms with Gasteiger partial charge in [-0.05, 0) is 6.42 Å². The molecule has 0 bridgehead atoms. The SMILES string of the molecule is O=C(CCn1cncn1)NC1CCS(=O)(=O)C1. The summed E-state index contributed by atoms with van der Waals surface area (Å²) in [6.07, 6.45) is 3.73. The van der Waals surface area contributed by atoms with Crippen molar-refractivity contribution >= 4 is 15.7 Å². The molecule has 17 heavy (non-hydrogen) atoms. The number of aromatic nitrogens is 3. The molecule has 0 aromatic carbocycles. The molecule has 8 heteroatoms. The lowest BCUT2D eigenvalue weighted by atomic mass is 10.2. The zero-order valence-electron chi connectivity index (χ0n) is 9.24. The standard InChI is InChI=1S/C9H14N4O3S/c14-9(1-3-13-7-10-6-11-13)12-8-2-4-17(15,16)5-8/h6-8H,1-5H2,(H,12,14). The molecule has 1 saturated heterocycles. The summed E-state index contributed by atoms with van der Waals surface area (Å²) in [6, 6.07) is -0.233. The van der Waals surface area contributed by atoms with Crippen LogP contribution in [0.25, 0.3) is 0 Å². The van der Waals surface area contributed by atoms with Gasteiger partial charge in [-0.25, -0.2) is 13.4 Å². The van der Waals surface area contributed by atoms with Crippen molar-refractivity contribution in [2.75, 3.05) is 11.5 Å². The van der Waals surface area contributed by atoms with Crippen LogP contribution in [-0.4, -0.2) is 46.6 Å². The molecular formula is C9H14N4O3S. The Morgan fingerprint density at radius 1 is 1.53 bits per heavy atom. The third kappa shape index (κ3) is 3.52. The van der Waals surface area contributed by atoms with Crippen molar-refractivity contribution in [3.8, 4) is 0 Å². The Hall–Kier alpha value is -1.44. The number of rotatable bonds is 4. The van der Waals surface area contributed by atoms with Crippen LogP contribution in [-0.2, 0) is 21.2 Å². The van der Waals surface area contributed by atoms with Gasteiger partial charge in [-0.15, -0.1) is 0 Å². The molecule has 1 aromatic heterocycles. The summed E-state index contributed by atoms with van der Waals surface area (Å²) in [6.45, 7) is 0.450. The van der Waals surface area contributed by atoms with Crippen molar-refractivity contribution in [3.05, 3.63) is 12.7 Å². The monoisotopic (exact) mass is 258 g/mol. The highest BCUT2D eigenvalue weighted by Gasteiger charge is 2.28. The highest BCUT2D eigenvalue weighted by Crippen LogP contribution is 2.11. The molecule has 1 N–H and O–H groups in total. The van der Waals surface area contributed by atoms with Crippen LogP contribution in [0, 0.1) is 0 Å². The van der Waals surface area contributed by atoms with Crippen LogP contribution in [0.2, 0.25) is 0 Å². The predicted octanol–water partition coefficient (Wildman–Crippen LogP) is -1.03. The summed E-state index contributed by atoms with van der Waals surface area (Å²) in [5.41, 5.74) is 0. The van der Waals surface area contributed by atoms with Gasteiger partial charge in [0.2, 0.25) is 5.91 Å². The number of sulfone groups is 1. The first-order valence-electron chi connectivity index (χ1n) is 5.37. The molecule has 1 aromatic rings. The molecule has 1 amide bonds. The maximum absolute atomic E-state index is 11.5. The molecule has 1 atom stereocenters. The second-order valence-corrected chi connectivity index (χ2v) is 6.30. The molecule has 7 nitrogen and oxygen atoms in total. The highest BCUT2D eigenvalue weighted by molar-refractivity contribution is 7.91. The average molecular weight is 258 g/mol. The van der Waals surface area contributed by atoms with Crippen LogP contribution in [0.3, 0.4) is 0 Å². The topological polar surface area (TPSA) is 93.9 Å². The maximum Gasteiger partial charge on any atom is 0.222 e. The highest BCUT2D eigenvalue weighted by atomic mass is 32.2. The van der Waals surface area contributed by atoms with Crippen LogP contribution in [0.5, 0.6) is 0 Å². The second kappa shape index (κ2) is 4.82. The lowest BCUT2D eigenvalue weighted by Crippen LogP contribution is -2.36. The van der Waals surface area contributed by atoms with E-state index in [-0.39, 0.29) is 29.9 Å². The van der Waals surface area contributed by atoms with E-state index in [0.29, 0.717) is 13.0 Å². The molecule has 0 aliphatic carbocycles. The van der Waals surface area contributed by atoms with Gasteiger partial charge in [0, 0.05) is 12.5 Å². The summed E-state index contributed by atoms with van der Waals surface area (Å²) in [7, 11) is -2.94. The maximum atomic E-state index is 11.5. The van der Waals surface area contributed by atoms with Crippen LogP contribution < -0.4 is 5.32 Å². The molecule has 1 unspecified atom stereocenters. The fourth-order valence-corrected chi connectivity index (χ4v) is 3.45. The summed E-state index contributed by atoms with van der Waals surface area (Å²) < 4.78 is 23.9. The quantitative estimate of drug-likeness (QED) is 0.745. The fourth-order valence-electron chi connectivity index (χ4n) is 1.77. The van der Waals surface area contributed by atoms with Crippen molar-refractivity contribution in [2.24, 2.45) is 0 Å². The number of aryl methyl sites for hydroxylation is 1. The number of carbonyl (C=O) groups excluding carboxylic acids is 1. The Kier molecular flexibility index (Phi) is 3.41. The zero-order valence-corrected chi connectivity index (χ0v) is 10.1. The summed E-state index contributed by atoms with van der Waals surface area (Å²) in [5.74, 6) is 0.0749. The Bertz CT molecular complexity index is 482. The summed E-state index contributed by atoms with van der Waals surface area (Å²) in [4.78, 5) is 15.3. The van der Waals surface area contributed by atoms with E-state index in [2.05, 4.69) is 15.4 Å². The first-order chi connectivity index (χ1) is 8.05. The van der Waals surface area contributed by atoms with E-state index >= 15 is 0 Å². The lowest BCUT2D eigenvalue weighted by Gasteiger charge is -2.10. The number of carbonyl (C=O) groups is 1. The minimum absolute atomic E-state index is 0.0576. The Labute approximate surface area is 99.1 Å². The zero-order chi connectivity index (χ0) is 12.3. The van der Waals surface area contributed by atoms with Crippen LogP contribution in [0.4, 0.5) is 0 Å². The summed E-state index contributed by atoms with van der Waals surface area (Å²) >= 11 is 0. The van der Waals surface area contributed by atoms with Crippen LogP contribution in [0.1, 0.15) is 12.8 Å². The molecule has 94 valence electrons. The molecule has 1 aliphatic heterocycles. The van der Waals surface area contributed by atoms with E-state index in [0.717, 1.165) is 0 Å². The molecule has 1 fully saturated rings. The van der Waals surface area contributed by atoms with Crippen molar-refractivity contribution < 1.29 is 13.2 Å². The largest absolute Gasteiger partial charge is 0.352 e. The number of hydrogen-bond acceptors (Lipinski definition) is 5. The second-order valence-electron chi connectivity index (χ2n) is 4.08. The van der Waals surface area contributed by atoms with Gasteiger partial charge in [0.05, 0.1) is 18.1 Å². The fraction of sp³-hybridized carbons (Fsp3) is 0.667. The van der Waals surface area contributed by atoms with Gasteiger partial charge < -0.3 is 5.32 Å². The van der Waals surface area contributed by atoms with Crippen molar-refractivity contribution in [1.82, 2.24) is 20.1 Å². The number of hydrogen-bond donors (Lipinski definition) is 1. The smallest absolute Gasteiger partial charge is 0.222 e. The van der Waals surface area contributed by atoms with Gasteiger partial charge in [-0.3, -0.25) is 9.48 Å². The van der Waals surface area contributed by atoms with E-state index in [9.17, 15) is 13.2 Å². The number of amides is 1. The third-order valence-corrected chi connectivity index (χ3v) is 4.40. The van der Waals surface area contributed by atoms with E-state index < -0.39 is 9.84 Å². The molecule has 0 saturated carbocycles. The van der Waals surface area contributed by atoms with E-state index in [4.69, 9.17) is 0 Å². The molecular weight excluding hydrogens is 244 g/mol. The molecule has 2 heterocycles. The first kappa shape index (κ1) is 12.0. The van der Waals surface area contributed by atoms with Gasteiger partial charge in [0.1, 0.15) is 12.7 Å². The van der Waals surface area contributed by atoms with E-state index in [1.807, 2.05) is 0 Å². The molecule has 2 rings (SSSR count).